The molecule has 2 N–H and O–H groups in total. The van der Waals surface area contributed by atoms with Crippen molar-refractivity contribution in [1.29, 1.82) is 0 Å². The first-order valence-corrected chi connectivity index (χ1v) is 6.01. The van der Waals surface area contributed by atoms with Gasteiger partial charge in [0.1, 0.15) is 0 Å². The van der Waals surface area contributed by atoms with Gasteiger partial charge in [0, 0.05) is 0 Å². The third-order valence-electron chi connectivity index (χ3n) is 3.57. The Morgan fingerprint density at radius 1 is 1.31 bits per heavy atom. The van der Waals surface area contributed by atoms with Crippen LogP contribution in [0.3, 0.4) is 0 Å². The number of aliphatic hydroxyl groups is 2. The van der Waals surface area contributed by atoms with Gasteiger partial charge in [-0.25, -0.2) is 0 Å². The Balaban J connectivity index is 2.03. The molecule has 0 spiro atoms. The minimum atomic E-state index is -0.599. The highest BCUT2D eigenvalue weighted by Crippen LogP contribution is 2.34. The van der Waals surface area contributed by atoms with E-state index in [1.165, 1.54) is 5.56 Å². The van der Waals surface area contributed by atoms with Gasteiger partial charge in [0.15, 0.2) is 0 Å². The van der Waals surface area contributed by atoms with E-state index < -0.39 is 5.60 Å². The Kier molecular flexibility index (Phi) is 3.31. The van der Waals surface area contributed by atoms with Gasteiger partial charge in [-0.1, -0.05) is 30.3 Å². The molecule has 1 unspecified atom stereocenters. The summed E-state index contributed by atoms with van der Waals surface area (Å²) >= 11 is 0. The average Bonchev–Trinajstić information content (AvgIpc) is 2.25. The summed E-state index contributed by atoms with van der Waals surface area (Å²) in [7, 11) is 0. The average molecular weight is 220 g/mol. The zero-order valence-corrected chi connectivity index (χ0v) is 9.76. The van der Waals surface area contributed by atoms with Crippen LogP contribution in [0, 0.1) is 5.92 Å². The lowest BCUT2D eigenvalue weighted by molar-refractivity contribution is -0.0518. The van der Waals surface area contributed by atoms with Crippen molar-refractivity contribution in [2.24, 2.45) is 5.92 Å². The molecular formula is C14H20O2. The molecule has 2 rings (SSSR count). The highest BCUT2D eigenvalue weighted by molar-refractivity contribution is 5.16. The Bertz CT molecular complexity index is 332. The van der Waals surface area contributed by atoms with E-state index in [0.717, 1.165) is 6.42 Å². The predicted octanol–water partition coefficient (Wildman–Crippen LogP) is 2.14. The molecule has 1 aliphatic rings. The van der Waals surface area contributed by atoms with Crippen molar-refractivity contribution < 1.29 is 10.2 Å². The first-order valence-electron chi connectivity index (χ1n) is 6.01. The molecule has 88 valence electrons. The van der Waals surface area contributed by atoms with Gasteiger partial charge in [-0.2, -0.15) is 0 Å². The van der Waals surface area contributed by atoms with Crippen molar-refractivity contribution in [3.8, 4) is 0 Å². The summed E-state index contributed by atoms with van der Waals surface area (Å²) in [5.41, 5.74) is 0.642. The minimum Gasteiger partial charge on any atom is -0.393 e. The molecule has 1 aromatic carbocycles. The van der Waals surface area contributed by atoms with Crippen molar-refractivity contribution >= 4 is 0 Å². The van der Waals surface area contributed by atoms with E-state index in [1.54, 1.807) is 0 Å². The molecule has 1 aromatic rings. The molecule has 0 radical (unpaired) electrons. The summed E-state index contributed by atoms with van der Waals surface area (Å²) < 4.78 is 0. The van der Waals surface area contributed by atoms with Crippen LogP contribution in [-0.4, -0.2) is 21.9 Å². The van der Waals surface area contributed by atoms with E-state index in [0.29, 0.717) is 19.3 Å². The first kappa shape index (κ1) is 11.6. The quantitative estimate of drug-likeness (QED) is 0.801. The van der Waals surface area contributed by atoms with Gasteiger partial charge in [0.2, 0.25) is 0 Å². The molecule has 16 heavy (non-hydrogen) atoms. The van der Waals surface area contributed by atoms with Gasteiger partial charge in [0.05, 0.1) is 11.7 Å². The maximum absolute atomic E-state index is 10.0. The van der Waals surface area contributed by atoms with Gasteiger partial charge in [-0.15, -0.1) is 0 Å². The van der Waals surface area contributed by atoms with Gasteiger partial charge in [0.25, 0.3) is 0 Å². The second-order valence-corrected chi connectivity index (χ2v) is 5.26. The maximum atomic E-state index is 10.0. The van der Waals surface area contributed by atoms with Crippen molar-refractivity contribution in [3.05, 3.63) is 35.9 Å². The zero-order valence-electron chi connectivity index (χ0n) is 9.76. The molecule has 1 fully saturated rings. The number of rotatable bonds is 2. The number of hydrogen-bond donors (Lipinski definition) is 2. The standard InChI is InChI=1S/C14H20O2/c1-14(16)8-7-13(15)12(10-14)9-11-5-3-2-4-6-11/h2-6,12-13,15-16H,7-10H2,1H3/t12-,13?,14+/m0/s1. The van der Waals surface area contributed by atoms with Gasteiger partial charge >= 0.3 is 0 Å². The van der Waals surface area contributed by atoms with Gasteiger partial charge in [-0.05, 0) is 44.1 Å². The molecule has 1 aliphatic carbocycles. The van der Waals surface area contributed by atoms with Gasteiger partial charge < -0.3 is 10.2 Å². The summed E-state index contributed by atoms with van der Waals surface area (Å²) in [5.74, 6) is 0.186. The van der Waals surface area contributed by atoms with Gasteiger partial charge in [-0.3, -0.25) is 0 Å². The molecule has 0 saturated heterocycles. The molecule has 3 atom stereocenters. The molecular weight excluding hydrogens is 200 g/mol. The molecule has 2 nitrogen and oxygen atoms in total. The van der Waals surface area contributed by atoms with Crippen molar-refractivity contribution in [2.45, 2.75) is 44.3 Å². The normalized spacial score (nSPS) is 34.9. The molecule has 0 heterocycles. The zero-order chi connectivity index (χ0) is 11.6. The lowest BCUT2D eigenvalue weighted by Crippen LogP contribution is -2.40. The van der Waals surface area contributed by atoms with Crippen LogP contribution < -0.4 is 0 Å². The van der Waals surface area contributed by atoms with Crippen LogP contribution in [0.25, 0.3) is 0 Å². The fourth-order valence-electron chi connectivity index (χ4n) is 2.62. The summed E-state index contributed by atoms with van der Waals surface area (Å²) in [6.45, 7) is 1.87. The van der Waals surface area contributed by atoms with Crippen LogP contribution >= 0.6 is 0 Å². The number of hydrogen-bond acceptors (Lipinski definition) is 2. The maximum Gasteiger partial charge on any atom is 0.0624 e. The fourth-order valence-corrected chi connectivity index (χ4v) is 2.62. The highest BCUT2D eigenvalue weighted by Gasteiger charge is 2.35. The van der Waals surface area contributed by atoms with Crippen LogP contribution in [-0.2, 0) is 6.42 Å². The minimum absolute atomic E-state index is 0.186. The van der Waals surface area contributed by atoms with Crippen LogP contribution in [0.5, 0.6) is 0 Å². The van der Waals surface area contributed by atoms with E-state index in [2.05, 4.69) is 12.1 Å². The van der Waals surface area contributed by atoms with Crippen LogP contribution in [0.15, 0.2) is 30.3 Å². The van der Waals surface area contributed by atoms with Crippen LogP contribution in [0.2, 0.25) is 0 Å². The lowest BCUT2D eigenvalue weighted by Gasteiger charge is -2.37. The van der Waals surface area contributed by atoms with E-state index in [9.17, 15) is 10.2 Å². The van der Waals surface area contributed by atoms with Crippen molar-refractivity contribution in [1.82, 2.24) is 0 Å². The third-order valence-corrected chi connectivity index (χ3v) is 3.57. The van der Waals surface area contributed by atoms with Crippen molar-refractivity contribution in [3.63, 3.8) is 0 Å². The van der Waals surface area contributed by atoms with E-state index in [1.807, 2.05) is 25.1 Å². The molecule has 2 heteroatoms. The Labute approximate surface area is 96.9 Å². The summed E-state index contributed by atoms with van der Waals surface area (Å²) in [4.78, 5) is 0. The fraction of sp³-hybridized carbons (Fsp3) is 0.571. The lowest BCUT2D eigenvalue weighted by atomic mass is 9.75. The third kappa shape index (κ3) is 2.83. The molecule has 0 bridgehead atoms. The SMILES string of the molecule is C[C@@]1(O)CCC(O)[C@@H](Cc2ccccc2)C1. The van der Waals surface area contributed by atoms with E-state index >= 15 is 0 Å². The number of benzene rings is 1. The summed E-state index contributed by atoms with van der Waals surface area (Å²) in [5, 5.41) is 20.0. The van der Waals surface area contributed by atoms with Crippen molar-refractivity contribution in [2.75, 3.05) is 0 Å². The summed E-state index contributed by atoms with van der Waals surface area (Å²) in [6.07, 6.45) is 2.71. The monoisotopic (exact) mass is 220 g/mol. The smallest absolute Gasteiger partial charge is 0.0624 e. The highest BCUT2D eigenvalue weighted by atomic mass is 16.3. The molecule has 1 saturated carbocycles. The number of aliphatic hydroxyl groups excluding tert-OH is 1. The second kappa shape index (κ2) is 4.56. The first-order chi connectivity index (χ1) is 7.57. The topological polar surface area (TPSA) is 40.5 Å². The predicted molar refractivity (Wildman–Crippen MR) is 64.1 cm³/mol. The molecule has 0 amide bonds. The molecule has 0 aliphatic heterocycles. The largest absolute Gasteiger partial charge is 0.393 e. The Morgan fingerprint density at radius 2 is 2.00 bits per heavy atom. The molecule has 0 aromatic heterocycles. The Morgan fingerprint density at radius 3 is 2.69 bits per heavy atom. The second-order valence-electron chi connectivity index (χ2n) is 5.26. The summed E-state index contributed by atoms with van der Waals surface area (Å²) in [6, 6.07) is 10.2. The van der Waals surface area contributed by atoms with E-state index in [-0.39, 0.29) is 12.0 Å². The van der Waals surface area contributed by atoms with Crippen LogP contribution in [0.4, 0.5) is 0 Å². The van der Waals surface area contributed by atoms with E-state index in [4.69, 9.17) is 0 Å². The Hall–Kier alpha value is -0.860. The van der Waals surface area contributed by atoms with Crippen LogP contribution in [0.1, 0.15) is 31.7 Å².